The van der Waals surface area contributed by atoms with Crippen LogP contribution in [0, 0.1) is 16.7 Å². The first kappa shape index (κ1) is 23.5. The zero-order chi connectivity index (χ0) is 24.6. The normalized spacial score (nSPS) is 23.8. The Morgan fingerprint density at radius 3 is 2.43 bits per heavy atom. The van der Waals surface area contributed by atoms with Gasteiger partial charge in [0.25, 0.3) is 0 Å². The number of anilines is 1. The Morgan fingerprint density at radius 2 is 1.80 bits per heavy atom. The first-order valence-corrected chi connectivity index (χ1v) is 12.6. The number of ether oxygens (including phenoxy) is 1. The van der Waals surface area contributed by atoms with Crippen LogP contribution in [0.3, 0.4) is 0 Å². The molecule has 1 spiro atoms. The Morgan fingerprint density at radius 1 is 1.11 bits per heavy atom. The number of hydrogen-bond acceptors (Lipinski definition) is 5. The Labute approximate surface area is 208 Å². The number of nitriles is 1. The van der Waals surface area contributed by atoms with Crippen LogP contribution in [-0.2, 0) is 6.54 Å². The highest BCUT2D eigenvalue weighted by molar-refractivity contribution is 5.76. The number of carbonyl (C=O) groups is 1. The lowest BCUT2D eigenvalue weighted by atomic mass is 9.60. The number of hydrogen-bond donors (Lipinski definition) is 1. The van der Waals surface area contributed by atoms with Gasteiger partial charge in [-0.3, -0.25) is 4.90 Å². The lowest BCUT2D eigenvalue weighted by molar-refractivity contribution is -0.0812. The highest BCUT2D eigenvalue weighted by Gasteiger charge is 2.52. The van der Waals surface area contributed by atoms with Crippen molar-refractivity contribution >= 4 is 11.7 Å². The Bertz CT molecular complexity index is 1090. The van der Waals surface area contributed by atoms with Gasteiger partial charge in [0.1, 0.15) is 11.8 Å². The van der Waals surface area contributed by atoms with Crippen molar-refractivity contribution < 1.29 is 9.53 Å². The fourth-order valence-corrected chi connectivity index (χ4v) is 6.35. The van der Waals surface area contributed by atoms with Crippen molar-refractivity contribution in [1.82, 2.24) is 15.1 Å². The minimum absolute atomic E-state index is 0.0578. The molecule has 0 bridgehead atoms. The number of carbonyl (C=O) groups excluding carboxylic acids is 1. The summed E-state index contributed by atoms with van der Waals surface area (Å²) < 4.78 is 5.38. The standard InChI is InChI=1S/C28H35N5O2/c1-20-15-32(25-10-9-23(14-29)26(11-25)35-3)16-21(2)33(20)27(34)30-24-12-28(13-24)18-31(19-28)17-22-7-5-4-6-8-22/h4-11,20-21,24H,12-13,15-19H2,1-3H3,(H,30,34)/t20-,21+. The van der Waals surface area contributed by atoms with E-state index in [2.05, 4.69) is 65.4 Å². The van der Waals surface area contributed by atoms with Crippen molar-refractivity contribution in [2.45, 2.75) is 51.4 Å². The minimum Gasteiger partial charge on any atom is -0.495 e. The highest BCUT2D eigenvalue weighted by atomic mass is 16.5. The average molecular weight is 474 g/mol. The predicted molar refractivity (Wildman–Crippen MR) is 136 cm³/mol. The topological polar surface area (TPSA) is 71.8 Å². The van der Waals surface area contributed by atoms with Crippen molar-refractivity contribution in [3.8, 4) is 11.8 Å². The fourth-order valence-electron chi connectivity index (χ4n) is 6.35. The van der Waals surface area contributed by atoms with Gasteiger partial charge in [-0.25, -0.2) is 4.79 Å². The molecule has 2 atom stereocenters. The van der Waals surface area contributed by atoms with Gasteiger partial charge in [0.2, 0.25) is 0 Å². The van der Waals surface area contributed by atoms with E-state index in [1.54, 1.807) is 13.2 Å². The number of nitrogens with one attached hydrogen (secondary N) is 1. The van der Waals surface area contributed by atoms with E-state index in [9.17, 15) is 10.1 Å². The van der Waals surface area contributed by atoms with Crippen LogP contribution in [0.15, 0.2) is 48.5 Å². The summed E-state index contributed by atoms with van der Waals surface area (Å²) >= 11 is 0. The van der Waals surface area contributed by atoms with E-state index in [1.165, 1.54) is 5.56 Å². The monoisotopic (exact) mass is 473 g/mol. The lowest BCUT2D eigenvalue weighted by Crippen LogP contribution is -2.68. The number of likely N-dealkylation sites (tertiary alicyclic amines) is 1. The third-order valence-electron chi connectivity index (χ3n) is 7.88. The number of urea groups is 1. The molecular weight excluding hydrogens is 438 g/mol. The number of nitrogens with zero attached hydrogens (tertiary/aromatic N) is 4. The van der Waals surface area contributed by atoms with E-state index in [-0.39, 0.29) is 24.2 Å². The second-order valence-corrected chi connectivity index (χ2v) is 10.7. The smallest absolute Gasteiger partial charge is 0.318 e. The van der Waals surface area contributed by atoms with Gasteiger partial charge >= 0.3 is 6.03 Å². The van der Waals surface area contributed by atoms with Crippen molar-refractivity contribution in [3.63, 3.8) is 0 Å². The quantitative estimate of drug-likeness (QED) is 0.715. The Balaban J connectivity index is 1.11. The summed E-state index contributed by atoms with van der Waals surface area (Å²) in [6, 6.07) is 19.0. The summed E-state index contributed by atoms with van der Waals surface area (Å²) in [6.07, 6.45) is 2.16. The molecule has 2 heterocycles. The molecule has 1 aliphatic carbocycles. The van der Waals surface area contributed by atoms with Gasteiger partial charge in [0.05, 0.1) is 12.7 Å². The molecule has 7 heteroatoms. The van der Waals surface area contributed by atoms with Crippen LogP contribution < -0.4 is 15.0 Å². The van der Waals surface area contributed by atoms with E-state index in [0.29, 0.717) is 16.7 Å². The van der Waals surface area contributed by atoms with E-state index in [1.807, 2.05) is 17.0 Å². The van der Waals surface area contributed by atoms with Crippen LogP contribution in [-0.4, -0.2) is 67.2 Å². The van der Waals surface area contributed by atoms with Crippen LogP contribution in [0.4, 0.5) is 10.5 Å². The SMILES string of the molecule is COc1cc(N2C[C@@H](C)N(C(=O)NC3CC4(C3)CN(Cc3ccccc3)C4)[C@@H](C)C2)ccc1C#N. The molecular formula is C28H35N5O2. The van der Waals surface area contributed by atoms with Crippen molar-refractivity contribution in [2.24, 2.45) is 5.41 Å². The molecule has 2 aliphatic heterocycles. The number of rotatable bonds is 5. The van der Waals surface area contributed by atoms with Crippen LogP contribution in [0.25, 0.3) is 0 Å². The summed E-state index contributed by atoms with van der Waals surface area (Å²) in [5.41, 5.74) is 3.32. The van der Waals surface area contributed by atoms with E-state index >= 15 is 0 Å². The molecule has 1 N–H and O–H groups in total. The summed E-state index contributed by atoms with van der Waals surface area (Å²) in [6.45, 7) is 8.99. The molecule has 0 unspecified atom stereocenters. The second-order valence-electron chi connectivity index (χ2n) is 10.7. The van der Waals surface area contributed by atoms with E-state index in [0.717, 1.165) is 51.3 Å². The largest absolute Gasteiger partial charge is 0.495 e. The molecule has 3 aliphatic rings. The van der Waals surface area contributed by atoms with Crippen LogP contribution >= 0.6 is 0 Å². The third kappa shape index (κ3) is 4.68. The molecule has 2 amide bonds. The summed E-state index contributed by atoms with van der Waals surface area (Å²) in [5.74, 6) is 0.586. The molecule has 0 radical (unpaired) electrons. The van der Waals surface area contributed by atoms with Crippen molar-refractivity contribution in [2.75, 3.05) is 38.2 Å². The van der Waals surface area contributed by atoms with Gasteiger partial charge in [-0.1, -0.05) is 30.3 Å². The number of amides is 2. The summed E-state index contributed by atoms with van der Waals surface area (Å²) in [5, 5.41) is 12.6. The Kier molecular flexibility index (Phi) is 6.33. The van der Waals surface area contributed by atoms with Crippen LogP contribution in [0.5, 0.6) is 5.75 Å². The molecule has 184 valence electrons. The molecule has 3 fully saturated rings. The molecule has 2 aromatic rings. The molecule has 5 rings (SSSR count). The number of piperazine rings is 1. The molecule has 35 heavy (non-hydrogen) atoms. The van der Waals surface area contributed by atoms with Gasteiger partial charge in [-0.2, -0.15) is 5.26 Å². The summed E-state index contributed by atoms with van der Waals surface area (Å²) in [4.78, 5) is 20.0. The maximum atomic E-state index is 13.2. The molecule has 1 saturated carbocycles. The zero-order valence-corrected chi connectivity index (χ0v) is 20.9. The van der Waals surface area contributed by atoms with E-state index in [4.69, 9.17) is 4.74 Å². The van der Waals surface area contributed by atoms with Crippen molar-refractivity contribution in [1.29, 1.82) is 5.26 Å². The Hall–Kier alpha value is -3.24. The molecule has 2 saturated heterocycles. The van der Waals surface area contributed by atoms with Crippen molar-refractivity contribution in [3.05, 3.63) is 59.7 Å². The maximum Gasteiger partial charge on any atom is 0.318 e. The lowest BCUT2D eigenvalue weighted by Gasteiger charge is -2.59. The van der Waals surface area contributed by atoms with Gasteiger partial charge in [-0.05, 0) is 49.8 Å². The molecule has 7 nitrogen and oxygen atoms in total. The number of methoxy groups -OCH3 is 1. The van der Waals surface area contributed by atoms with Gasteiger partial charge in [-0.15, -0.1) is 0 Å². The minimum atomic E-state index is 0.0578. The maximum absolute atomic E-state index is 13.2. The fraction of sp³-hybridized carbons (Fsp3) is 0.500. The second kappa shape index (κ2) is 9.43. The summed E-state index contributed by atoms with van der Waals surface area (Å²) in [7, 11) is 1.59. The highest BCUT2D eigenvalue weighted by Crippen LogP contribution is 2.48. The molecule has 0 aromatic heterocycles. The predicted octanol–water partition coefficient (Wildman–Crippen LogP) is 3.84. The third-order valence-corrected chi connectivity index (χ3v) is 7.88. The first-order chi connectivity index (χ1) is 16.9. The first-order valence-electron chi connectivity index (χ1n) is 12.6. The van der Waals surface area contributed by atoms with Gasteiger partial charge in [0.15, 0.2) is 0 Å². The number of benzene rings is 2. The molecule has 2 aromatic carbocycles. The van der Waals surface area contributed by atoms with Crippen LogP contribution in [0.2, 0.25) is 0 Å². The zero-order valence-electron chi connectivity index (χ0n) is 20.9. The van der Waals surface area contributed by atoms with Gasteiger partial charge < -0.3 is 19.9 Å². The average Bonchev–Trinajstić information content (AvgIpc) is 2.81. The van der Waals surface area contributed by atoms with E-state index < -0.39 is 0 Å². The van der Waals surface area contributed by atoms with Crippen LogP contribution in [0.1, 0.15) is 37.8 Å². The van der Waals surface area contributed by atoms with Gasteiger partial charge in [0, 0.05) is 62.6 Å².